The highest BCUT2D eigenvalue weighted by molar-refractivity contribution is 6.05. The first-order chi connectivity index (χ1) is 13.6. The third-order valence-corrected chi connectivity index (χ3v) is 6.76. The summed E-state index contributed by atoms with van der Waals surface area (Å²) in [7, 11) is 2.08. The summed E-state index contributed by atoms with van der Waals surface area (Å²) in [5.41, 5.74) is 0.0366. The second kappa shape index (κ2) is 6.55. The minimum Gasteiger partial charge on any atom is -0.342 e. The lowest BCUT2D eigenvalue weighted by atomic mass is 9.79. The number of rotatable bonds is 2. The number of carbonyl (C=O) groups is 2. The third kappa shape index (κ3) is 2.62. The van der Waals surface area contributed by atoms with Crippen molar-refractivity contribution in [2.75, 3.05) is 46.3 Å². The van der Waals surface area contributed by atoms with Crippen molar-refractivity contribution in [1.29, 1.82) is 0 Å². The molecular weight excluding hydrogens is 352 g/mol. The number of carbonyl (C=O) groups excluding carboxylic acids is 2. The first-order valence-electron chi connectivity index (χ1n) is 10.2. The van der Waals surface area contributed by atoms with Gasteiger partial charge in [0.25, 0.3) is 5.91 Å². The number of nitrogens with zero attached hydrogens (tertiary/aromatic N) is 4. The van der Waals surface area contributed by atoms with E-state index in [9.17, 15) is 9.59 Å². The van der Waals surface area contributed by atoms with Crippen LogP contribution in [0.15, 0.2) is 36.5 Å². The molecule has 3 saturated heterocycles. The van der Waals surface area contributed by atoms with Gasteiger partial charge in [-0.15, -0.1) is 0 Å². The Kier molecular flexibility index (Phi) is 4.12. The average Bonchev–Trinajstić information content (AvgIpc) is 3.41. The van der Waals surface area contributed by atoms with E-state index < -0.39 is 5.41 Å². The Morgan fingerprint density at radius 3 is 2.64 bits per heavy atom. The van der Waals surface area contributed by atoms with Gasteiger partial charge >= 0.3 is 0 Å². The van der Waals surface area contributed by atoms with Crippen molar-refractivity contribution in [3.05, 3.63) is 42.2 Å². The number of fused-ring (bicyclic) bond motifs is 2. The fraction of sp³-hybridized carbons (Fsp3) is 0.500. The van der Waals surface area contributed by atoms with Crippen LogP contribution in [0.4, 0.5) is 0 Å². The number of hydrogen-bond donors (Lipinski definition) is 0. The van der Waals surface area contributed by atoms with Crippen LogP contribution in [0, 0.1) is 11.3 Å². The zero-order chi connectivity index (χ0) is 19.3. The van der Waals surface area contributed by atoms with Crippen molar-refractivity contribution in [2.24, 2.45) is 11.3 Å². The Morgan fingerprint density at radius 1 is 1.04 bits per heavy atom. The molecule has 3 fully saturated rings. The fourth-order valence-corrected chi connectivity index (χ4v) is 5.45. The van der Waals surface area contributed by atoms with E-state index in [-0.39, 0.29) is 17.7 Å². The minimum absolute atomic E-state index is 0.0533. The van der Waals surface area contributed by atoms with Crippen LogP contribution in [-0.4, -0.2) is 77.8 Å². The van der Waals surface area contributed by atoms with Crippen molar-refractivity contribution in [3.8, 4) is 0 Å². The van der Waals surface area contributed by atoms with Gasteiger partial charge in [0.15, 0.2) is 0 Å². The summed E-state index contributed by atoms with van der Waals surface area (Å²) < 4.78 is 0. The molecule has 0 aliphatic carbocycles. The molecule has 28 heavy (non-hydrogen) atoms. The van der Waals surface area contributed by atoms with Crippen molar-refractivity contribution in [1.82, 2.24) is 19.7 Å². The first-order valence-corrected chi connectivity index (χ1v) is 10.2. The van der Waals surface area contributed by atoms with Gasteiger partial charge in [-0.2, -0.15) is 0 Å². The Balaban J connectivity index is 1.46. The molecule has 6 nitrogen and oxygen atoms in total. The molecule has 4 heterocycles. The maximum atomic E-state index is 13.5. The molecule has 2 aromatic rings. The van der Waals surface area contributed by atoms with Crippen LogP contribution in [0.2, 0.25) is 0 Å². The van der Waals surface area contributed by atoms with E-state index in [0.29, 0.717) is 18.8 Å². The molecule has 0 radical (unpaired) electrons. The van der Waals surface area contributed by atoms with E-state index in [1.54, 1.807) is 6.20 Å². The van der Waals surface area contributed by atoms with Crippen molar-refractivity contribution in [3.63, 3.8) is 0 Å². The summed E-state index contributed by atoms with van der Waals surface area (Å²) in [4.78, 5) is 37.4. The van der Waals surface area contributed by atoms with E-state index in [1.165, 1.54) is 0 Å². The quantitative estimate of drug-likeness (QED) is 0.801. The van der Waals surface area contributed by atoms with Crippen LogP contribution < -0.4 is 0 Å². The highest BCUT2D eigenvalue weighted by Gasteiger charge is 2.58. The Labute approximate surface area is 165 Å². The summed E-state index contributed by atoms with van der Waals surface area (Å²) in [5, 5.41) is 1.90. The number of aromatic nitrogens is 1. The van der Waals surface area contributed by atoms with Crippen molar-refractivity contribution < 1.29 is 9.59 Å². The molecule has 0 N–H and O–H groups in total. The van der Waals surface area contributed by atoms with Crippen LogP contribution in [-0.2, 0) is 4.79 Å². The molecule has 1 aromatic carbocycles. The average molecular weight is 378 g/mol. The lowest BCUT2D eigenvalue weighted by molar-refractivity contribution is -0.141. The van der Waals surface area contributed by atoms with Crippen LogP contribution in [0.5, 0.6) is 0 Å². The lowest BCUT2D eigenvalue weighted by Crippen LogP contribution is -2.49. The zero-order valence-electron chi connectivity index (χ0n) is 16.3. The van der Waals surface area contributed by atoms with Crippen molar-refractivity contribution >= 4 is 22.6 Å². The van der Waals surface area contributed by atoms with Gasteiger partial charge in [-0.3, -0.25) is 14.6 Å². The Hall–Kier alpha value is -2.47. The molecule has 0 bridgehead atoms. The molecule has 3 aliphatic rings. The van der Waals surface area contributed by atoms with E-state index >= 15 is 0 Å². The molecule has 146 valence electrons. The molecule has 0 unspecified atom stereocenters. The molecule has 2 atom stereocenters. The largest absolute Gasteiger partial charge is 0.342 e. The molecule has 0 saturated carbocycles. The van der Waals surface area contributed by atoms with Crippen LogP contribution in [0.25, 0.3) is 10.8 Å². The summed E-state index contributed by atoms with van der Waals surface area (Å²) in [5.74, 6) is 0.396. The summed E-state index contributed by atoms with van der Waals surface area (Å²) in [6, 6.07) is 9.78. The number of hydrogen-bond acceptors (Lipinski definition) is 4. The standard InChI is InChI=1S/C22H26N4O2/c1-24-12-17-13-26(15-22(17,14-24)21(28)25-10-4-5-11-25)20(27)19-18-7-3-2-6-16(18)8-9-23-19/h2-3,6-9,17H,4-5,10-15H2,1H3/t17-,22-/m0/s1. The highest BCUT2D eigenvalue weighted by atomic mass is 16.2. The molecule has 1 aromatic heterocycles. The molecule has 6 heteroatoms. The SMILES string of the molecule is CN1C[C@H]2CN(C(=O)c3nccc4ccccc34)C[C@@]2(C(=O)N2CCCC2)C1. The van der Waals surface area contributed by atoms with Crippen LogP contribution >= 0.6 is 0 Å². The van der Waals surface area contributed by atoms with Gasteiger partial charge in [0, 0.05) is 56.8 Å². The summed E-state index contributed by atoms with van der Waals surface area (Å²) in [6.45, 7) is 4.45. The predicted octanol–water partition coefficient (Wildman–Crippen LogP) is 1.86. The monoisotopic (exact) mass is 378 g/mol. The molecule has 5 rings (SSSR count). The lowest BCUT2D eigenvalue weighted by Gasteiger charge is -2.32. The topological polar surface area (TPSA) is 56.8 Å². The van der Waals surface area contributed by atoms with E-state index in [4.69, 9.17) is 0 Å². The van der Waals surface area contributed by atoms with E-state index in [2.05, 4.69) is 16.9 Å². The first kappa shape index (κ1) is 17.6. The molecule has 3 aliphatic heterocycles. The van der Waals surface area contributed by atoms with Gasteiger partial charge in [-0.25, -0.2) is 0 Å². The second-order valence-electron chi connectivity index (χ2n) is 8.62. The predicted molar refractivity (Wildman–Crippen MR) is 107 cm³/mol. The Morgan fingerprint density at radius 2 is 1.82 bits per heavy atom. The third-order valence-electron chi connectivity index (χ3n) is 6.76. The number of likely N-dealkylation sites (tertiary alicyclic amines) is 3. The zero-order valence-corrected chi connectivity index (χ0v) is 16.3. The molecule has 0 spiro atoms. The van der Waals surface area contributed by atoms with Gasteiger partial charge in [0.2, 0.25) is 5.91 Å². The molecular formula is C22H26N4O2. The number of benzene rings is 1. The van der Waals surface area contributed by atoms with Gasteiger partial charge in [0.1, 0.15) is 5.69 Å². The van der Waals surface area contributed by atoms with Gasteiger partial charge in [-0.1, -0.05) is 24.3 Å². The smallest absolute Gasteiger partial charge is 0.273 e. The summed E-state index contributed by atoms with van der Waals surface area (Å²) in [6.07, 6.45) is 3.88. The van der Waals surface area contributed by atoms with Crippen LogP contribution in [0.3, 0.4) is 0 Å². The molecule has 2 amide bonds. The van der Waals surface area contributed by atoms with Gasteiger partial charge in [0.05, 0.1) is 5.41 Å². The maximum absolute atomic E-state index is 13.5. The van der Waals surface area contributed by atoms with Gasteiger partial charge in [-0.05, 0) is 31.3 Å². The van der Waals surface area contributed by atoms with Crippen LogP contribution in [0.1, 0.15) is 23.3 Å². The number of amides is 2. The number of pyridine rings is 1. The van der Waals surface area contributed by atoms with Crippen molar-refractivity contribution in [2.45, 2.75) is 12.8 Å². The summed E-state index contributed by atoms with van der Waals surface area (Å²) >= 11 is 0. The highest BCUT2D eigenvalue weighted by Crippen LogP contribution is 2.44. The van der Waals surface area contributed by atoms with E-state index in [1.807, 2.05) is 40.1 Å². The normalized spacial score (nSPS) is 27.5. The van der Waals surface area contributed by atoms with E-state index in [0.717, 1.165) is 49.8 Å². The maximum Gasteiger partial charge on any atom is 0.273 e. The fourth-order valence-electron chi connectivity index (χ4n) is 5.45. The second-order valence-corrected chi connectivity index (χ2v) is 8.62. The Bertz CT molecular complexity index is 934. The minimum atomic E-state index is -0.459. The van der Waals surface area contributed by atoms with Gasteiger partial charge < -0.3 is 14.7 Å².